The summed E-state index contributed by atoms with van der Waals surface area (Å²) in [5.74, 6) is 1.53. The smallest absolute Gasteiger partial charge is 0.191 e. The van der Waals surface area contributed by atoms with Crippen LogP contribution in [0.25, 0.3) is 0 Å². The van der Waals surface area contributed by atoms with Crippen LogP contribution in [0.5, 0.6) is 0 Å². The molecule has 2 aliphatic rings. The summed E-state index contributed by atoms with van der Waals surface area (Å²) >= 11 is 0. The van der Waals surface area contributed by atoms with Gasteiger partial charge < -0.3 is 15.4 Å². The molecule has 2 heterocycles. The molecule has 0 aromatic carbocycles. The van der Waals surface area contributed by atoms with E-state index in [-0.39, 0.29) is 0 Å². The Kier molecular flexibility index (Phi) is 8.12. The maximum absolute atomic E-state index is 5.41. The van der Waals surface area contributed by atoms with Gasteiger partial charge in [-0.1, -0.05) is 13.8 Å². The fraction of sp³-hybridized carbons (Fsp3) is 0.941. The Hall–Kier alpha value is -0.850. The number of likely N-dealkylation sites (N-methyl/N-ethyl adjacent to an activating group) is 1. The summed E-state index contributed by atoms with van der Waals surface area (Å²) < 4.78 is 5.41. The Labute approximate surface area is 141 Å². The molecule has 0 saturated carbocycles. The molecule has 2 saturated heterocycles. The van der Waals surface area contributed by atoms with E-state index in [0.29, 0.717) is 12.0 Å². The van der Waals surface area contributed by atoms with Gasteiger partial charge in [0.2, 0.25) is 0 Å². The first-order valence-corrected chi connectivity index (χ1v) is 9.21. The Bertz CT molecular complexity index is 357. The van der Waals surface area contributed by atoms with E-state index in [1.165, 1.54) is 19.4 Å². The van der Waals surface area contributed by atoms with Crippen LogP contribution < -0.4 is 10.6 Å². The molecular weight excluding hydrogens is 290 g/mol. The third-order valence-electron chi connectivity index (χ3n) is 4.93. The van der Waals surface area contributed by atoms with Crippen LogP contribution in [-0.2, 0) is 4.74 Å². The number of nitrogens with one attached hydrogen (secondary N) is 2. The minimum absolute atomic E-state index is 0.602. The molecule has 6 heteroatoms. The first kappa shape index (κ1) is 18.5. The Morgan fingerprint density at radius 2 is 2.04 bits per heavy atom. The zero-order valence-corrected chi connectivity index (χ0v) is 15.2. The fourth-order valence-corrected chi connectivity index (χ4v) is 3.54. The van der Waals surface area contributed by atoms with Gasteiger partial charge in [-0.25, -0.2) is 0 Å². The van der Waals surface area contributed by atoms with Crippen LogP contribution in [0.4, 0.5) is 0 Å². The summed E-state index contributed by atoms with van der Waals surface area (Å²) in [6.07, 6.45) is 2.62. The molecular formula is C17H35N5O. The molecule has 2 fully saturated rings. The van der Waals surface area contributed by atoms with Crippen molar-refractivity contribution in [3.05, 3.63) is 0 Å². The minimum Gasteiger partial charge on any atom is -0.379 e. The topological polar surface area (TPSA) is 52.1 Å². The van der Waals surface area contributed by atoms with E-state index in [9.17, 15) is 0 Å². The molecule has 6 nitrogen and oxygen atoms in total. The van der Waals surface area contributed by atoms with Gasteiger partial charge in [0.25, 0.3) is 0 Å². The highest BCUT2D eigenvalue weighted by Crippen LogP contribution is 2.15. The summed E-state index contributed by atoms with van der Waals surface area (Å²) in [7, 11) is 1.86. The minimum atomic E-state index is 0.602. The lowest BCUT2D eigenvalue weighted by Crippen LogP contribution is -2.47. The monoisotopic (exact) mass is 325 g/mol. The van der Waals surface area contributed by atoms with E-state index < -0.39 is 0 Å². The van der Waals surface area contributed by atoms with Gasteiger partial charge in [-0.3, -0.25) is 14.8 Å². The average molecular weight is 326 g/mol. The largest absolute Gasteiger partial charge is 0.379 e. The number of ether oxygens (including phenoxy) is 1. The highest BCUT2D eigenvalue weighted by molar-refractivity contribution is 5.79. The van der Waals surface area contributed by atoms with E-state index in [2.05, 4.69) is 39.3 Å². The molecule has 134 valence electrons. The maximum atomic E-state index is 5.41. The number of likely N-dealkylation sites (tertiary alicyclic amines) is 1. The number of hydrogen-bond donors (Lipinski definition) is 2. The van der Waals surface area contributed by atoms with Gasteiger partial charge in [-0.2, -0.15) is 0 Å². The molecule has 2 N–H and O–H groups in total. The van der Waals surface area contributed by atoms with Crippen molar-refractivity contribution in [2.75, 3.05) is 66.1 Å². The first-order chi connectivity index (χ1) is 11.2. The van der Waals surface area contributed by atoms with Crippen LogP contribution >= 0.6 is 0 Å². The van der Waals surface area contributed by atoms with Crippen molar-refractivity contribution in [3.63, 3.8) is 0 Å². The second-order valence-electron chi connectivity index (χ2n) is 6.78. The molecule has 0 aliphatic carbocycles. The second kappa shape index (κ2) is 10.1. The highest BCUT2D eigenvalue weighted by Gasteiger charge is 2.22. The normalized spacial score (nSPS) is 25.5. The van der Waals surface area contributed by atoms with Crippen molar-refractivity contribution in [2.24, 2.45) is 10.9 Å². The summed E-state index contributed by atoms with van der Waals surface area (Å²) in [6.45, 7) is 13.9. The number of morpholine rings is 1. The van der Waals surface area contributed by atoms with Crippen LogP contribution in [0.3, 0.4) is 0 Å². The van der Waals surface area contributed by atoms with Crippen LogP contribution in [0.15, 0.2) is 4.99 Å². The quantitative estimate of drug-likeness (QED) is 0.530. The number of aliphatic imine (C=N–C) groups is 1. The number of hydrogen-bond acceptors (Lipinski definition) is 4. The summed E-state index contributed by atoms with van der Waals surface area (Å²) in [4.78, 5) is 9.41. The summed E-state index contributed by atoms with van der Waals surface area (Å²) in [6, 6.07) is 0.657. The number of guanidine groups is 1. The third kappa shape index (κ3) is 6.28. The van der Waals surface area contributed by atoms with Crippen LogP contribution in [0.1, 0.15) is 26.7 Å². The maximum Gasteiger partial charge on any atom is 0.191 e. The third-order valence-corrected chi connectivity index (χ3v) is 4.93. The second-order valence-corrected chi connectivity index (χ2v) is 6.78. The Morgan fingerprint density at radius 1 is 1.26 bits per heavy atom. The predicted molar refractivity (Wildman–Crippen MR) is 96.1 cm³/mol. The number of nitrogens with zero attached hydrogens (tertiary/aromatic N) is 3. The lowest BCUT2D eigenvalue weighted by molar-refractivity contribution is 0.0320. The van der Waals surface area contributed by atoms with Crippen molar-refractivity contribution in [3.8, 4) is 0 Å². The number of rotatable bonds is 7. The van der Waals surface area contributed by atoms with Crippen LogP contribution in [0.2, 0.25) is 0 Å². The van der Waals surface area contributed by atoms with E-state index in [4.69, 9.17) is 4.74 Å². The van der Waals surface area contributed by atoms with Crippen molar-refractivity contribution in [1.29, 1.82) is 0 Å². The fourth-order valence-electron chi connectivity index (χ4n) is 3.54. The van der Waals surface area contributed by atoms with Crippen LogP contribution in [-0.4, -0.2) is 87.9 Å². The molecule has 2 unspecified atom stereocenters. The van der Waals surface area contributed by atoms with E-state index in [1.54, 1.807) is 0 Å². The Morgan fingerprint density at radius 3 is 2.74 bits per heavy atom. The molecule has 2 rings (SSSR count). The molecule has 0 aromatic rings. The zero-order valence-electron chi connectivity index (χ0n) is 15.2. The molecule has 23 heavy (non-hydrogen) atoms. The standard InChI is InChI=1S/C17H35N5O/c1-4-22-7-5-6-16(22)13-20-17(18-3)19-12-15(2)14-21-8-10-23-11-9-21/h15-16H,4-14H2,1-3H3,(H2,18,19,20). The molecule has 0 bridgehead atoms. The van der Waals surface area contributed by atoms with E-state index in [0.717, 1.165) is 58.4 Å². The molecule has 0 aromatic heterocycles. The van der Waals surface area contributed by atoms with Gasteiger partial charge in [0.05, 0.1) is 13.2 Å². The van der Waals surface area contributed by atoms with Crippen molar-refractivity contribution in [2.45, 2.75) is 32.7 Å². The van der Waals surface area contributed by atoms with Gasteiger partial charge in [-0.05, 0) is 31.8 Å². The summed E-state index contributed by atoms with van der Waals surface area (Å²) in [5, 5.41) is 6.98. The van der Waals surface area contributed by atoms with Crippen molar-refractivity contribution < 1.29 is 4.74 Å². The molecule has 2 atom stereocenters. The van der Waals surface area contributed by atoms with Gasteiger partial charge >= 0.3 is 0 Å². The van der Waals surface area contributed by atoms with Crippen LogP contribution in [0, 0.1) is 5.92 Å². The predicted octanol–water partition coefficient (Wildman–Crippen LogP) is 0.604. The van der Waals surface area contributed by atoms with Gasteiger partial charge in [-0.15, -0.1) is 0 Å². The Balaban J connectivity index is 1.64. The van der Waals surface area contributed by atoms with Gasteiger partial charge in [0.15, 0.2) is 5.96 Å². The lowest BCUT2D eigenvalue weighted by Gasteiger charge is -2.29. The lowest BCUT2D eigenvalue weighted by atomic mass is 10.1. The van der Waals surface area contributed by atoms with Crippen molar-refractivity contribution in [1.82, 2.24) is 20.4 Å². The van der Waals surface area contributed by atoms with Gasteiger partial charge in [0, 0.05) is 45.8 Å². The van der Waals surface area contributed by atoms with Gasteiger partial charge in [0.1, 0.15) is 0 Å². The first-order valence-electron chi connectivity index (χ1n) is 9.21. The van der Waals surface area contributed by atoms with E-state index >= 15 is 0 Å². The SMILES string of the molecule is CCN1CCCC1CNC(=NC)NCC(C)CN1CCOCC1. The highest BCUT2D eigenvalue weighted by atomic mass is 16.5. The molecule has 0 amide bonds. The van der Waals surface area contributed by atoms with E-state index in [1.807, 2.05) is 7.05 Å². The molecule has 0 radical (unpaired) electrons. The van der Waals surface area contributed by atoms with Crippen molar-refractivity contribution >= 4 is 5.96 Å². The average Bonchev–Trinajstić information content (AvgIpc) is 3.03. The summed E-state index contributed by atoms with van der Waals surface area (Å²) in [5.41, 5.74) is 0. The molecule has 2 aliphatic heterocycles. The zero-order chi connectivity index (χ0) is 16.5. The molecule has 0 spiro atoms.